The lowest BCUT2D eigenvalue weighted by Gasteiger charge is -2.22. The summed E-state index contributed by atoms with van der Waals surface area (Å²) in [6.07, 6.45) is 67.2. The summed E-state index contributed by atoms with van der Waals surface area (Å²) in [5.74, 6) is -0.140. The summed E-state index contributed by atoms with van der Waals surface area (Å²) >= 11 is 0. The fraction of sp³-hybridized carbons (Fsp3) is 0.864. The van der Waals surface area contributed by atoms with E-state index >= 15 is 0 Å². The highest BCUT2D eigenvalue weighted by Gasteiger charge is 2.19. The minimum Gasteiger partial charge on any atom is -0.466 e. The van der Waals surface area contributed by atoms with Crippen LogP contribution in [0.15, 0.2) is 36.5 Å². The van der Waals surface area contributed by atoms with Crippen molar-refractivity contribution in [2.75, 3.05) is 13.2 Å². The van der Waals surface area contributed by atoms with Gasteiger partial charge in [-0.3, -0.25) is 9.59 Å². The van der Waals surface area contributed by atoms with E-state index in [1.165, 1.54) is 212 Å². The molecular weight excluding hydrogens is 803 g/mol. The fourth-order valence-electron chi connectivity index (χ4n) is 8.74. The topological polar surface area (TPSA) is 95.9 Å². The number of allylic oxidation sites excluding steroid dienone is 6. The summed E-state index contributed by atoms with van der Waals surface area (Å²) in [6.45, 7) is 4.88. The van der Waals surface area contributed by atoms with Gasteiger partial charge in [-0.1, -0.05) is 256 Å². The summed E-state index contributed by atoms with van der Waals surface area (Å²) in [6, 6.07) is -0.587. The first kappa shape index (κ1) is 63.1. The van der Waals surface area contributed by atoms with Crippen LogP contribution in [-0.4, -0.2) is 47.4 Å². The van der Waals surface area contributed by atoms with Crippen molar-refractivity contribution in [3.63, 3.8) is 0 Å². The van der Waals surface area contributed by atoms with Gasteiger partial charge in [-0.2, -0.15) is 0 Å². The Hall–Kier alpha value is -1.92. The van der Waals surface area contributed by atoms with Crippen LogP contribution in [0, 0.1) is 0 Å². The molecule has 3 N–H and O–H groups in total. The Kier molecular flexibility index (Phi) is 53.1. The highest BCUT2D eigenvalue weighted by atomic mass is 16.5. The molecule has 0 saturated carbocycles. The SMILES string of the molecule is CCCCCC/C=C\CCCCCCCC(=O)OCCCCCCCC/C=C\C/C=C\CCC(=O)NC(CO)C(O)CCCCCCCCCCCCCCCCCCCCCCCC. The Morgan fingerprint density at radius 1 is 0.431 bits per heavy atom. The van der Waals surface area contributed by atoms with Crippen LogP contribution in [0.1, 0.15) is 303 Å². The average molecular weight is 915 g/mol. The molecule has 0 aliphatic rings. The van der Waals surface area contributed by atoms with Crippen LogP contribution in [0.25, 0.3) is 0 Å². The van der Waals surface area contributed by atoms with Gasteiger partial charge in [0.1, 0.15) is 0 Å². The van der Waals surface area contributed by atoms with Crippen molar-refractivity contribution >= 4 is 11.9 Å². The molecule has 0 bridgehead atoms. The summed E-state index contributed by atoms with van der Waals surface area (Å²) in [4.78, 5) is 24.5. The first-order valence-electron chi connectivity index (χ1n) is 28.7. The number of aliphatic hydroxyl groups excluding tert-OH is 2. The van der Waals surface area contributed by atoms with Gasteiger partial charge in [-0.05, 0) is 70.6 Å². The monoisotopic (exact) mass is 914 g/mol. The van der Waals surface area contributed by atoms with Gasteiger partial charge >= 0.3 is 5.97 Å². The quantitative estimate of drug-likeness (QED) is 0.0321. The van der Waals surface area contributed by atoms with Gasteiger partial charge in [0.15, 0.2) is 0 Å². The Morgan fingerprint density at radius 3 is 1.23 bits per heavy atom. The number of esters is 1. The Balaban J connectivity index is 3.54. The van der Waals surface area contributed by atoms with Gasteiger partial charge < -0.3 is 20.3 Å². The van der Waals surface area contributed by atoms with Crippen LogP contribution in [0.5, 0.6) is 0 Å². The number of carbonyl (C=O) groups excluding carboxylic acids is 2. The molecular formula is C59H111NO5. The minimum atomic E-state index is -0.700. The second-order valence-corrected chi connectivity index (χ2v) is 19.6. The predicted molar refractivity (Wildman–Crippen MR) is 283 cm³/mol. The van der Waals surface area contributed by atoms with E-state index in [1.807, 2.05) is 6.08 Å². The van der Waals surface area contributed by atoms with E-state index in [4.69, 9.17) is 4.74 Å². The zero-order valence-corrected chi connectivity index (χ0v) is 43.5. The van der Waals surface area contributed by atoms with Crippen LogP contribution in [-0.2, 0) is 14.3 Å². The summed E-state index contributed by atoms with van der Waals surface area (Å²) in [7, 11) is 0. The molecule has 1 amide bonds. The second kappa shape index (κ2) is 54.7. The molecule has 2 atom stereocenters. The normalized spacial score (nSPS) is 12.9. The van der Waals surface area contributed by atoms with Crippen LogP contribution < -0.4 is 5.32 Å². The number of hydrogen-bond acceptors (Lipinski definition) is 5. The van der Waals surface area contributed by atoms with E-state index in [-0.39, 0.29) is 18.5 Å². The van der Waals surface area contributed by atoms with Crippen LogP contribution in [0.2, 0.25) is 0 Å². The third-order valence-corrected chi connectivity index (χ3v) is 13.2. The minimum absolute atomic E-state index is 0.0260. The van der Waals surface area contributed by atoms with Gasteiger partial charge in [0.2, 0.25) is 5.91 Å². The maximum Gasteiger partial charge on any atom is 0.305 e. The maximum absolute atomic E-state index is 12.5. The molecule has 0 fully saturated rings. The summed E-state index contributed by atoms with van der Waals surface area (Å²) in [5.41, 5.74) is 0. The molecule has 382 valence electrons. The number of rotatable bonds is 53. The Bertz CT molecular complexity index is 1060. The van der Waals surface area contributed by atoms with Crippen molar-refractivity contribution in [3.05, 3.63) is 36.5 Å². The number of ether oxygens (including phenoxy) is 1. The zero-order valence-electron chi connectivity index (χ0n) is 43.5. The molecule has 0 aromatic rings. The lowest BCUT2D eigenvalue weighted by molar-refractivity contribution is -0.143. The molecule has 6 nitrogen and oxygen atoms in total. The number of unbranched alkanes of at least 4 members (excludes halogenated alkanes) is 36. The van der Waals surface area contributed by atoms with E-state index in [9.17, 15) is 19.8 Å². The number of hydrogen-bond donors (Lipinski definition) is 3. The van der Waals surface area contributed by atoms with Crippen molar-refractivity contribution in [2.24, 2.45) is 0 Å². The van der Waals surface area contributed by atoms with Gasteiger partial charge in [0.25, 0.3) is 0 Å². The molecule has 0 saturated heterocycles. The first-order chi connectivity index (χ1) is 32.0. The zero-order chi connectivity index (χ0) is 47.2. The predicted octanol–water partition coefficient (Wildman–Crippen LogP) is 17.6. The molecule has 0 aromatic carbocycles. The standard InChI is InChI=1S/C59H111NO5/c1-3-5-7-9-11-13-15-17-18-19-20-21-22-23-24-25-28-31-35-39-43-47-51-57(62)56(55-61)60-58(63)52-48-44-40-36-32-29-26-30-34-38-42-46-50-54-65-59(64)53-49-45-41-37-33-27-16-14-12-10-8-6-4-2/h14,16,29,32,40,44,56-57,61-62H,3-13,15,17-28,30-31,33-39,41-43,45-55H2,1-2H3,(H,60,63)/b16-14-,32-29-,44-40-. The Labute approximate surface area is 404 Å². The molecule has 6 heteroatoms. The second-order valence-electron chi connectivity index (χ2n) is 19.6. The molecule has 0 aliphatic carbocycles. The fourth-order valence-corrected chi connectivity index (χ4v) is 8.74. The van der Waals surface area contributed by atoms with Gasteiger partial charge in [0.05, 0.1) is 25.4 Å². The van der Waals surface area contributed by atoms with Crippen LogP contribution >= 0.6 is 0 Å². The number of amides is 1. The van der Waals surface area contributed by atoms with E-state index in [0.717, 1.165) is 51.4 Å². The van der Waals surface area contributed by atoms with Crippen molar-refractivity contribution in [1.29, 1.82) is 0 Å². The molecule has 65 heavy (non-hydrogen) atoms. The van der Waals surface area contributed by atoms with Gasteiger partial charge in [-0.15, -0.1) is 0 Å². The van der Waals surface area contributed by atoms with Crippen molar-refractivity contribution < 1.29 is 24.5 Å². The van der Waals surface area contributed by atoms with Crippen LogP contribution in [0.4, 0.5) is 0 Å². The first-order valence-corrected chi connectivity index (χ1v) is 28.7. The molecule has 0 aliphatic heterocycles. The van der Waals surface area contributed by atoms with Gasteiger partial charge in [-0.25, -0.2) is 0 Å². The number of carbonyl (C=O) groups is 2. The highest BCUT2D eigenvalue weighted by Crippen LogP contribution is 2.17. The molecule has 0 spiro atoms. The van der Waals surface area contributed by atoms with E-state index in [1.54, 1.807) is 0 Å². The third kappa shape index (κ3) is 51.3. The lowest BCUT2D eigenvalue weighted by atomic mass is 10.0. The summed E-state index contributed by atoms with van der Waals surface area (Å²) in [5, 5.41) is 23.3. The molecule has 0 rings (SSSR count). The largest absolute Gasteiger partial charge is 0.466 e. The molecule has 0 radical (unpaired) electrons. The van der Waals surface area contributed by atoms with Gasteiger partial charge in [0, 0.05) is 12.8 Å². The number of nitrogens with one attached hydrogen (secondary N) is 1. The van der Waals surface area contributed by atoms with E-state index in [2.05, 4.69) is 49.5 Å². The number of aliphatic hydroxyl groups is 2. The Morgan fingerprint density at radius 2 is 0.785 bits per heavy atom. The van der Waals surface area contributed by atoms with E-state index in [0.29, 0.717) is 32.3 Å². The average Bonchev–Trinajstić information content (AvgIpc) is 3.31. The third-order valence-electron chi connectivity index (χ3n) is 13.2. The van der Waals surface area contributed by atoms with Crippen LogP contribution in [0.3, 0.4) is 0 Å². The molecule has 2 unspecified atom stereocenters. The smallest absolute Gasteiger partial charge is 0.305 e. The van der Waals surface area contributed by atoms with Crippen molar-refractivity contribution in [2.45, 2.75) is 315 Å². The lowest BCUT2D eigenvalue weighted by Crippen LogP contribution is -2.45. The highest BCUT2D eigenvalue weighted by molar-refractivity contribution is 5.76. The maximum atomic E-state index is 12.5. The molecule has 0 heterocycles. The van der Waals surface area contributed by atoms with Crippen molar-refractivity contribution in [1.82, 2.24) is 5.32 Å². The summed E-state index contributed by atoms with van der Waals surface area (Å²) < 4.78 is 5.44. The van der Waals surface area contributed by atoms with E-state index < -0.39 is 12.1 Å². The van der Waals surface area contributed by atoms with Crippen molar-refractivity contribution in [3.8, 4) is 0 Å². The molecule has 0 aromatic heterocycles.